The molecule has 2 N–H and O–H groups in total. The van der Waals surface area contributed by atoms with Gasteiger partial charge in [0.2, 0.25) is 5.91 Å². The Balaban J connectivity index is 2.07. The van der Waals surface area contributed by atoms with Gasteiger partial charge in [-0.1, -0.05) is 47.6 Å². The zero-order valence-corrected chi connectivity index (χ0v) is 12.6. The van der Waals surface area contributed by atoms with E-state index in [4.69, 9.17) is 34.8 Å². The van der Waals surface area contributed by atoms with E-state index in [1.54, 1.807) is 6.07 Å². The molecule has 6 heteroatoms. The maximum Gasteiger partial charge on any atom is 0.241 e. The summed E-state index contributed by atoms with van der Waals surface area (Å²) in [7, 11) is 0. The minimum Gasteiger partial charge on any atom is -0.323 e. The molecule has 1 amide bonds. The van der Waals surface area contributed by atoms with Crippen molar-refractivity contribution in [2.45, 2.75) is 31.7 Å². The van der Waals surface area contributed by atoms with Gasteiger partial charge in [-0.2, -0.15) is 0 Å². The highest BCUT2D eigenvalue weighted by atomic mass is 35.5. The van der Waals surface area contributed by atoms with Crippen molar-refractivity contribution < 1.29 is 4.79 Å². The molecule has 0 aliphatic carbocycles. The van der Waals surface area contributed by atoms with Crippen molar-refractivity contribution in [2.75, 3.05) is 11.9 Å². The van der Waals surface area contributed by atoms with E-state index < -0.39 is 0 Å². The van der Waals surface area contributed by atoms with Crippen LogP contribution >= 0.6 is 34.8 Å². The summed E-state index contributed by atoms with van der Waals surface area (Å²) >= 11 is 17.8. The van der Waals surface area contributed by atoms with Gasteiger partial charge in [-0.25, -0.2) is 0 Å². The van der Waals surface area contributed by atoms with Gasteiger partial charge in [0.25, 0.3) is 0 Å². The quantitative estimate of drug-likeness (QED) is 0.805. The van der Waals surface area contributed by atoms with Crippen molar-refractivity contribution in [3.05, 3.63) is 27.2 Å². The SMILES string of the molecule is O=C(Nc1cc(Cl)c(Cl)cc1Cl)C1CCCCCN1. The highest BCUT2D eigenvalue weighted by molar-refractivity contribution is 6.44. The van der Waals surface area contributed by atoms with E-state index >= 15 is 0 Å². The normalized spacial score (nSPS) is 19.8. The Kier molecular flexibility index (Phi) is 5.34. The second kappa shape index (κ2) is 6.80. The fraction of sp³-hybridized carbons (Fsp3) is 0.462. The standard InChI is InChI=1S/C13H15Cl3N2O/c14-8-6-10(16)12(7-9(8)15)18-13(19)11-4-2-1-3-5-17-11/h6-7,11,17H,1-5H2,(H,18,19). The predicted molar refractivity (Wildman–Crippen MR) is 80.4 cm³/mol. The Morgan fingerprint density at radius 3 is 2.63 bits per heavy atom. The molecule has 1 heterocycles. The maximum absolute atomic E-state index is 12.2. The van der Waals surface area contributed by atoms with E-state index in [2.05, 4.69) is 10.6 Å². The van der Waals surface area contributed by atoms with Crippen molar-refractivity contribution in [3.8, 4) is 0 Å². The van der Waals surface area contributed by atoms with Crippen LogP contribution in [0.4, 0.5) is 5.69 Å². The number of carbonyl (C=O) groups excluding carboxylic acids is 1. The van der Waals surface area contributed by atoms with Gasteiger partial charge in [0.15, 0.2) is 0 Å². The monoisotopic (exact) mass is 320 g/mol. The average Bonchev–Trinajstić information content (AvgIpc) is 2.64. The fourth-order valence-corrected chi connectivity index (χ4v) is 2.68. The van der Waals surface area contributed by atoms with Crippen molar-refractivity contribution >= 4 is 46.4 Å². The van der Waals surface area contributed by atoms with Crippen LogP contribution in [0.3, 0.4) is 0 Å². The fourth-order valence-electron chi connectivity index (χ4n) is 2.09. The van der Waals surface area contributed by atoms with Gasteiger partial charge in [-0.3, -0.25) is 4.79 Å². The number of nitrogens with one attached hydrogen (secondary N) is 2. The summed E-state index contributed by atoms with van der Waals surface area (Å²) in [5.41, 5.74) is 0.493. The van der Waals surface area contributed by atoms with Crippen LogP contribution in [-0.2, 0) is 4.79 Å². The minimum atomic E-state index is -0.173. The molecular weight excluding hydrogens is 307 g/mol. The number of amides is 1. The van der Waals surface area contributed by atoms with Gasteiger partial charge in [0, 0.05) is 0 Å². The van der Waals surface area contributed by atoms with E-state index in [1.807, 2.05) is 0 Å². The highest BCUT2D eigenvalue weighted by Crippen LogP contribution is 2.32. The van der Waals surface area contributed by atoms with Crippen LogP contribution in [0.1, 0.15) is 25.7 Å². The molecule has 0 bridgehead atoms. The van der Waals surface area contributed by atoms with Crippen molar-refractivity contribution in [1.82, 2.24) is 5.32 Å². The summed E-state index contributed by atoms with van der Waals surface area (Å²) in [6.07, 6.45) is 4.16. The number of halogens is 3. The second-order valence-electron chi connectivity index (χ2n) is 4.59. The molecule has 1 aromatic carbocycles. The molecule has 1 atom stereocenters. The van der Waals surface area contributed by atoms with E-state index in [1.165, 1.54) is 6.07 Å². The van der Waals surface area contributed by atoms with Gasteiger partial charge >= 0.3 is 0 Å². The summed E-state index contributed by atoms with van der Waals surface area (Å²) in [4.78, 5) is 12.2. The third kappa shape index (κ3) is 3.99. The number of hydrogen-bond donors (Lipinski definition) is 2. The van der Waals surface area contributed by atoms with Gasteiger partial charge in [0.05, 0.1) is 26.8 Å². The van der Waals surface area contributed by atoms with E-state index in [-0.39, 0.29) is 11.9 Å². The second-order valence-corrected chi connectivity index (χ2v) is 5.81. The summed E-state index contributed by atoms with van der Waals surface area (Å²) in [5, 5.41) is 7.16. The lowest BCUT2D eigenvalue weighted by atomic mass is 10.1. The first kappa shape index (κ1) is 14.9. The smallest absolute Gasteiger partial charge is 0.241 e. The highest BCUT2D eigenvalue weighted by Gasteiger charge is 2.20. The largest absolute Gasteiger partial charge is 0.323 e. The Morgan fingerprint density at radius 1 is 1.11 bits per heavy atom. The molecule has 1 aromatic rings. The number of benzene rings is 1. The molecule has 0 saturated carbocycles. The number of anilines is 1. The number of hydrogen-bond acceptors (Lipinski definition) is 2. The Bertz CT molecular complexity index is 471. The van der Waals surface area contributed by atoms with Crippen molar-refractivity contribution in [2.24, 2.45) is 0 Å². The van der Waals surface area contributed by atoms with Gasteiger partial charge in [0.1, 0.15) is 0 Å². The Labute approximate surface area is 127 Å². The van der Waals surface area contributed by atoms with Crippen molar-refractivity contribution in [1.29, 1.82) is 0 Å². The topological polar surface area (TPSA) is 41.1 Å². The summed E-state index contributed by atoms with van der Waals surface area (Å²) in [6.45, 7) is 0.868. The van der Waals surface area contributed by atoms with Crippen molar-refractivity contribution in [3.63, 3.8) is 0 Å². The molecule has 1 unspecified atom stereocenters. The Hall–Kier alpha value is -0.480. The molecule has 0 radical (unpaired) electrons. The maximum atomic E-state index is 12.2. The van der Waals surface area contributed by atoms with E-state index in [9.17, 15) is 4.79 Å². The first-order valence-electron chi connectivity index (χ1n) is 6.26. The van der Waals surface area contributed by atoms with Gasteiger partial charge < -0.3 is 10.6 Å². The van der Waals surface area contributed by atoms with Crippen LogP contribution in [-0.4, -0.2) is 18.5 Å². The molecule has 1 aliphatic heterocycles. The molecule has 0 spiro atoms. The first-order valence-corrected chi connectivity index (χ1v) is 7.40. The minimum absolute atomic E-state index is 0.0813. The molecule has 19 heavy (non-hydrogen) atoms. The molecular formula is C13H15Cl3N2O. The zero-order valence-electron chi connectivity index (χ0n) is 10.3. The third-order valence-corrected chi connectivity index (χ3v) is 4.18. The predicted octanol–water partition coefficient (Wildman–Crippen LogP) is 4.12. The van der Waals surface area contributed by atoms with Crippen LogP contribution < -0.4 is 10.6 Å². The number of carbonyl (C=O) groups is 1. The Morgan fingerprint density at radius 2 is 1.84 bits per heavy atom. The zero-order chi connectivity index (χ0) is 13.8. The molecule has 1 saturated heterocycles. The van der Waals surface area contributed by atoms with Gasteiger partial charge in [-0.15, -0.1) is 0 Å². The summed E-state index contributed by atoms with van der Waals surface area (Å²) in [5.74, 6) is -0.0813. The molecule has 1 aliphatic rings. The summed E-state index contributed by atoms with van der Waals surface area (Å²) in [6, 6.07) is 2.93. The van der Waals surface area contributed by atoms with Crippen LogP contribution in [0.2, 0.25) is 15.1 Å². The molecule has 2 rings (SSSR count). The van der Waals surface area contributed by atoms with Gasteiger partial charge in [-0.05, 0) is 31.5 Å². The van der Waals surface area contributed by atoms with Crippen LogP contribution in [0.5, 0.6) is 0 Å². The van der Waals surface area contributed by atoms with Crippen LogP contribution in [0.25, 0.3) is 0 Å². The third-order valence-electron chi connectivity index (χ3n) is 3.14. The first-order chi connectivity index (χ1) is 9.08. The van der Waals surface area contributed by atoms with E-state index in [0.29, 0.717) is 20.8 Å². The lowest BCUT2D eigenvalue weighted by Gasteiger charge is -2.16. The number of rotatable bonds is 2. The summed E-state index contributed by atoms with van der Waals surface area (Å²) < 4.78 is 0. The van der Waals surface area contributed by atoms with E-state index in [0.717, 1.165) is 32.2 Å². The lowest BCUT2D eigenvalue weighted by molar-refractivity contribution is -0.118. The molecule has 0 aromatic heterocycles. The van der Waals surface area contributed by atoms with Crippen LogP contribution in [0.15, 0.2) is 12.1 Å². The molecule has 3 nitrogen and oxygen atoms in total. The average molecular weight is 322 g/mol. The molecule has 1 fully saturated rings. The molecule has 104 valence electrons. The lowest BCUT2D eigenvalue weighted by Crippen LogP contribution is -2.39. The van der Waals surface area contributed by atoms with Crippen LogP contribution in [0, 0.1) is 0 Å².